The lowest BCUT2D eigenvalue weighted by molar-refractivity contribution is -0.121. The van der Waals surface area contributed by atoms with Gasteiger partial charge in [0.25, 0.3) is 0 Å². The molecule has 0 saturated carbocycles. The van der Waals surface area contributed by atoms with Crippen LogP contribution in [0.15, 0.2) is 35.4 Å². The van der Waals surface area contributed by atoms with Crippen LogP contribution in [0.2, 0.25) is 0 Å². The number of hydrogen-bond acceptors (Lipinski definition) is 6. The van der Waals surface area contributed by atoms with Crippen molar-refractivity contribution in [2.24, 2.45) is 0 Å². The number of fused-ring (bicyclic) bond motifs is 1. The van der Waals surface area contributed by atoms with E-state index in [0.717, 1.165) is 62.0 Å². The predicted octanol–water partition coefficient (Wildman–Crippen LogP) is 4.83. The van der Waals surface area contributed by atoms with Gasteiger partial charge in [-0.25, -0.2) is 9.88 Å². The van der Waals surface area contributed by atoms with E-state index in [4.69, 9.17) is 9.72 Å². The van der Waals surface area contributed by atoms with Crippen LogP contribution in [0.25, 0.3) is 0 Å². The summed E-state index contributed by atoms with van der Waals surface area (Å²) in [5.41, 5.74) is 3.17. The number of amides is 2. The van der Waals surface area contributed by atoms with Gasteiger partial charge in [-0.05, 0) is 68.0 Å². The number of nitrogens with zero attached hydrogens (tertiary/aromatic N) is 3. The Bertz CT molecular complexity index is 1050. The molecule has 0 bridgehead atoms. The van der Waals surface area contributed by atoms with E-state index in [1.54, 1.807) is 24.3 Å². The number of benzene rings is 1. The standard InChI is InChI=1S/C25H27N3O3S/c1-2-3-6-13-31-20-11-9-19(10-12-20)28-23(29)15-22(25(28)30)32-24-18(16-26)14-17-7-4-5-8-21(17)27-24/h9-12,14,22H,2-8,13,15H2,1H3/t22-/m0/s1. The Labute approximate surface area is 193 Å². The van der Waals surface area contributed by atoms with Crippen LogP contribution < -0.4 is 9.64 Å². The summed E-state index contributed by atoms with van der Waals surface area (Å²) in [6.45, 7) is 2.80. The van der Waals surface area contributed by atoms with E-state index in [-0.39, 0.29) is 18.2 Å². The van der Waals surface area contributed by atoms with Gasteiger partial charge in [0.05, 0.1) is 23.1 Å². The van der Waals surface area contributed by atoms with Gasteiger partial charge in [-0.2, -0.15) is 5.26 Å². The van der Waals surface area contributed by atoms with Gasteiger partial charge in [-0.1, -0.05) is 31.5 Å². The number of hydrogen-bond donors (Lipinski definition) is 0. The van der Waals surface area contributed by atoms with Crippen LogP contribution in [-0.2, 0) is 22.4 Å². The number of aromatic nitrogens is 1. The van der Waals surface area contributed by atoms with Crippen molar-refractivity contribution in [1.29, 1.82) is 5.26 Å². The molecule has 32 heavy (non-hydrogen) atoms. The van der Waals surface area contributed by atoms with Crippen molar-refractivity contribution in [2.75, 3.05) is 11.5 Å². The van der Waals surface area contributed by atoms with Gasteiger partial charge in [0.15, 0.2) is 0 Å². The van der Waals surface area contributed by atoms with E-state index in [1.807, 2.05) is 6.07 Å². The molecule has 1 aromatic heterocycles. The van der Waals surface area contributed by atoms with Crippen molar-refractivity contribution >= 4 is 29.3 Å². The Hall–Kier alpha value is -2.85. The molecule has 0 N–H and O–H groups in total. The topological polar surface area (TPSA) is 83.3 Å². The molecule has 0 spiro atoms. The molecule has 1 atom stereocenters. The number of rotatable bonds is 8. The molecule has 4 rings (SSSR count). The van der Waals surface area contributed by atoms with E-state index in [9.17, 15) is 14.9 Å². The Kier molecular flexibility index (Phi) is 7.11. The fourth-order valence-corrected chi connectivity index (χ4v) is 5.22. The zero-order valence-corrected chi connectivity index (χ0v) is 19.1. The molecule has 0 unspecified atom stereocenters. The fraction of sp³-hybridized carbons (Fsp3) is 0.440. The Balaban J connectivity index is 1.46. The number of imide groups is 1. The van der Waals surface area contributed by atoms with Crippen LogP contribution in [-0.4, -0.2) is 28.7 Å². The minimum atomic E-state index is -0.575. The highest BCUT2D eigenvalue weighted by atomic mass is 32.2. The predicted molar refractivity (Wildman–Crippen MR) is 124 cm³/mol. The summed E-state index contributed by atoms with van der Waals surface area (Å²) >= 11 is 1.23. The van der Waals surface area contributed by atoms with Gasteiger partial charge in [0, 0.05) is 12.1 Å². The molecule has 1 aromatic carbocycles. The molecule has 1 saturated heterocycles. The van der Waals surface area contributed by atoms with Gasteiger partial charge in [-0.3, -0.25) is 9.59 Å². The Morgan fingerprint density at radius 3 is 2.72 bits per heavy atom. The Morgan fingerprint density at radius 1 is 1.19 bits per heavy atom. The van der Waals surface area contributed by atoms with Gasteiger partial charge in [-0.15, -0.1) is 0 Å². The molecular weight excluding hydrogens is 422 g/mol. The average molecular weight is 450 g/mol. The highest BCUT2D eigenvalue weighted by molar-refractivity contribution is 8.00. The largest absolute Gasteiger partial charge is 0.494 e. The van der Waals surface area contributed by atoms with Gasteiger partial charge >= 0.3 is 0 Å². The van der Waals surface area contributed by atoms with E-state index >= 15 is 0 Å². The number of aryl methyl sites for hydroxylation is 2. The van der Waals surface area contributed by atoms with Gasteiger partial charge < -0.3 is 4.74 Å². The second-order valence-electron chi connectivity index (χ2n) is 8.19. The molecular formula is C25H27N3O3S. The summed E-state index contributed by atoms with van der Waals surface area (Å²) in [7, 11) is 0. The first-order valence-electron chi connectivity index (χ1n) is 11.3. The molecule has 2 heterocycles. The van der Waals surface area contributed by atoms with Gasteiger partial charge in [0.1, 0.15) is 16.8 Å². The highest BCUT2D eigenvalue weighted by Crippen LogP contribution is 2.36. The lowest BCUT2D eigenvalue weighted by atomic mass is 9.95. The molecule has 7 heteroatoms. The summed E-state index contributed by atoms with van der Waals surface area (Å²) in [6.07, 6.45) is 7.39. The average Bonchev–Trinajstić information content (AvgIpc) is 3.09. The molecule has 2 aromatic rings. The third kappa shape index (κ3) is 4.81. The first kappa shape index (κ1) is 22.3. The number of nitriles is 1. The van der Waals surface area contributed by atoms with E-state index in [2.05, 4.69) is 13.0 Å². The molecule has 0 radical (unpaired) electrons. The first-order valence-corrected chi connectivity index (χ1v) is 12.2. The quantitative estimate of drug-likeness (QED) is 0.424. The SMILES string of the molecule is CCCCCOc1ccc(N2C(=O)C[C@H](Sc3nc4c(cc3C#N)CCCC4)C2=O)cc1. The number of unbranched alkanes of at least 4 members (excludes halogenated alkanes) is 2. The second kappa shape index (κ2) is 10.2. The van der Waals surface area contributed by atoms with Crippen LogP contribution >= 0.6 is 11.8 Å². The minimum absolute atomic E-state index is 0.0996. The van der Waals surface area contributed by atoms with Gasteiger partial charge in [0.2, 0.25) is 11.8 Å². The van der Waals surface area contributed by atoms with E-state index in [1.165, 1.54) is 16.7 Å². The summed E-state index contributed by atoms with van der Waals surface area (Å²) < 4.78 is 5.72. The number of carbonyl (C=O) groups excluding carboxylic acids is 2. The number of carbonyl (C=O) groups is 2. The van der Waals surface area contributed by atoms with Crippen LogP contribution in [0.4, 0.5) is 5.69 Å². The summed E-state index contributed by atoms with van der Waals surface area (Å²) in [6, 6.07) is 11.2. The monoisotopic (exact) mass is 449 g/mol. The van der Waals surface area contributed by atoms with E-state index < -0.39 is 5.25 Å². The highest BCUT2D eigenvalue weighted by Gasteiger charge is 2.41. The molecule has 166 valence electrons. The van der Waals surface area contributed by atoms with Crippen LogP contribution in [0.3, 0.4) is 0 Å². The maximum Gasteiger partial charge on any atom is 0.247 e. The summed E-state index contributed by atoms with van der Waals surface area (Å²) in [5, 5.41) is 9.56. The third-order valence-electron chi connectivity index (χ3n) is 5.86. The maximum absolute atomic E-state index is 13.1. The van der Waals surface area contributed by atoms with Crippen molar-refractivity contribution in [3.05, 3.63) is 47.2 Å². The zero-order chi connectivity index (χ0) is 22.5. The van der Waals surface area contributed by atoms with Crippen molar-refractivity contribution < 1.29 is 14.3 Å². The number of anilines is 1. The van der Waals surface area contributed by atoms with Crippen LogP contribution in [0, 0.1) is 11.3 Å². The van der Waals surface area contributed by atoms with Crippen LogP contribution in [0.1, 0.15) is 62.3 Å². The normalized spacial score (nSPS) is 17.9. The van der Waals surface area contributed by atoms with Crippen molar-refractivity contribution in [3.63, 3.8) is 0 Å². The summed E-state index contributed by atoms with van der Waals surface area (Å²) in [5.74, 6) is 0.229. The molecule has 6 nitrogen and oxygen atoms in total. The van der Waals surface area contributed by atoms with Crippen LogP contribution in [0.5, 0.6) is 5.75 Å². The zero-order valence-electron chi connectivity index (χ0n) is 18.3. The molecule has 1 aliphatic carbocycles. The fourth-order valence-electron chi connectivity index (χ4n) is 4.12. The lowest BCUT2D eigenvalue weighted by Gasteiger charge is -2.18. The number of ether oxygens (including phenoxy) is 1. The summed E-state index contributed by atoms with van der Waals surface area (Å²) in [4.78, 5) is 31.7. The first-order chi connectivity index (χ1) is 15.6. The number of pyridine rings is 1. The molecule has 2 aliphatic rings. The molecule has 2 amide bonds. The van der Waals surface area contributed by atoms with Crippen molar-refractivity contribution in [2.45, 2.75) is 68.6 Å². The van der Waals surface area contributed by atoms with Crippen molar-refractivity contribution in [3.8, 4) is 11.8 Å². The minimum Gasteiger partial charge on any atom is -0.494 e. The second-order valence-corrected chi connectivity index (χ2v) is 9.38. The lowest BCUT2D eigenvalue weighted by Crippen LogP contribution is -2.31. The molecule has 1 fully saturated rings. The smallest absolute Gasteiger partial charge is 0.247 e. The number of thioether (sulfide) groups is 1. The maximum atomic E-state index is 13.1. The molecule has 1 aliphatic heterocycles. The van der Waals surface area contributed by atoms with E-state index in [0.29, 0.717) is 22.9 Å². The Morgan fingerprint density at radius 2 is 1.97 bits per heavy atom. The van der Waals surface area contributed by atoms with Crippen molar-refractivity contribution in [1.82, 2.24) is 4.98 Å². The third-order valence-corrected chi connectivity index (χ3v) is 7.04.